The quantitative estimate of drug-likeness (QED) is 0.576. The smallest absolute Gasteiger partial charge is 0.403 e. The predicted octanol–water partition coefficient (Wildman–Crippen LogP) is 1.77. The highest BCUT2D eigenvalue weighted by Gasteiger charge is 2.08. The van der Waals surface area contributed by atoms with E-state index in [0.29, 0.717) is 6.42 Å². The average molecular weight is 345 g/mol. The van der Waals surface area contributed by atoms with E-state index >= 15 is 0 Å². The minimum Gasteiger partial charge on any atom is -0.450 e. The summed E-state index contributed by atoms with van der Waals surface area (Å²) in [6, 6.07) is 0. The van der Waals surface area contributed by atoms with Gasteiger partial charge in [0.2, 0.25) is 0 Å². The molecule has 0 aromatic rings. The molecule has 0 saturated carbocycles. The highest BCUT2D eigenvalue weighted by molar-refractivity contribution is 6.61. The number of hydrogen-bond acceptors (Lipinski definition) is 3. The second kappa shape index (κ2) is 16.4. The first kappa shape index (κ1) is 21.0. The molecule has 25 heavy (non-hydrogen) atoms. The van der Waals surface area contributed by atoms with Gasteiger partial charge in [0.15, 0.2) is 0 Å². The van der Waals surface area contributed by atoms with Crippen LogP contribution in [0.4, 0.5) is 4.79 Å². The molecule has 0 fully saturated rings. The van der Waals surface area contributed by atoms with Gasteiger partial charge < -0.3 is 9.47 Å². The van der Waals surface area contributed by atoms with Crippen LogP contribution in [0.3, 0.4) is 0 Å². The largest absolute Gasteiger partial charge is 0.450 e. The summed E-state index contributed by atoms with van der Waals surface area (Å²) < 4.78 is 9.72. The van der Waals surface area contributed by atoms with Crippen molar-refractivity contribution in [1.29, 1.82) is 0 Å². The van der Waals surface area contributed by atoms with E-state index in [0.717, 1.165) is 0 Å². The topological polar surface area (TPSA) is 35.5 Å². The van der Waals surface area contributed by atoms with E-state index < -0.39 is 5.43 Å². The summed E-state index contributed by atoms with van der Waals surface area (Å²) in [5.41, 5.74) is -0.888. The molecule has 4 heteroatoms. The SMILES string of the molecule is C#CC#CC#CC#CC#CC#CC#CC#COC(CC)COC(=O)Cl. The van der Waals surface area contributed by atoms with Crippen molar-refractivity contribution >= 4 is 17.0 Å². The van der Waals surface area contributed by atoms with Gasteiger partial charge in [-0.1, -0.05) is 6.92 Å². The fourth-order valence-corrected chi connectivity index (χ4v) is 0.975. The van der Waals surface area contributed by atoms with Crippen molar-refractivity contribution in [2.75, 3.05) is 6.61 Å². The number of terminal acetylenes is 1. The lowest BCUT2D eigenvalue weighted by atomic mass is 10.3. The molecular weight excluding hydrogens is 336 g/mol. The number of carbonyl (C=O) groups excluding carboxylic acids is 1. The van der Waals surface area contributed by atoms with E-state index in [1.165, 1.54) is 0 Å². The van der Waals surface area contributed by atoms with E-state index in [4.69, 9.17) is 22.8 Å². The Morgan fingerprint density at radius 3 is 1.72 bits per heavy atom. The highest BCUT2D eigenvalue weighted by atomic mass is 35.5. The molecule has 0 aliphatic rings. The van der Waals surface area contributed by atoms with Crippen LogP contribution in [0.15, 0.2) is 0 Å². The summed E-state index contributed by atoms with van der Waals surface area (Å²) in [4.78, 5) is 10.5. The van der Waals surface area contributed by atoms with Gasteiger partial charge in [0.25, 0.3) is 0 Å². The van der Waals surface area contributed by atoms with Crippen molar-refractivity contribution in [2.24, 2.45) is 0 Å². The van der Waals surface area contributed by atoms with Crippen LogP contribution in [0.5, 0.6) is 0 Å². The van der Waals surface area contributed by atoms with Crippen LogP contribution in [0.2, 0.25) is 0 Å². The third-order valence-electron chi connectivity index (χ3n) is 1.94. The van der Waals surface area contributed by atoms with Gasteiger partial charge in [0, 0.05) is 53.0 Å². The summed E-state index contributed by atoms with van der Waals surface area (Å²) in [5.74, 6) is 33.9. The number of ether oxygens (including phenoxy) is 2. The molecule has 0 bridgehead atoms. The molecule has 0 aromatic carbocycles. The summed E-state index contributed by atoms with van der Waals surface area (Å²) in [5, 5.41) is 0. The third-order valence-corrected chi connectivity index (χ3v) is 2.05. The maximum atomic E-state index is 10.5. The van der Waals surface area contributed by atoms with Crippen LogP contribution < -0.4 is 0 Å². The van der Waals surface area contributed by atoms with Gasteiger partial charge >= 0.3 is 5.43 Å². The molecule has 0 aliphatic carbocycles. The second-order valence-corrected chi connectivity index (χ2v) is 3.88. The minimum absolute atomic E-state index is 0.0260. The zero-order valence-electron chi connectivity index (χ0n) is 13.2. The lowest BCUT2D eigenvalue weighted by Gasteiger charge is -2.10. The number of hydrogen-bond donors (Lipinski definition) is 0. The van der Waals surface area contributed by atoms with Crippen molar-refractivity contribution in [2.45, 2.75) is 19.4 Å². The van der Waals surface area contributed by atoms with Gasteiger partial charge in [-0.15, -0.1) is 6.42 Å². The Morgan fingerprint density at radius 2 is 1.32 bits per heavy atom. The maximum absolute atomic E-state index is 10.5. The molecule has 0 spiro atoms. The normalized spacial score (nSPS) is 7.24. The first-order valence-electron chi connectivity index (χ1n) is 6.64. The van der Waals surface area contributed by atoms with E-state index in [2.05, 4.69) is 93.7 Å². The zero-order chi connectivity index (χ0) is 18.6. The minimum atomic E-state index is -0.888. The van der Waals surface area contributed by atoms with E-state index in [1.54, 1.807) is 0 Å². The van der Waals surface area contributed by atoms with Gasteiger partial charge in [-0.2, -0.15) is 0 Å². The maximum Gasteiger partial charge on any atom is 0.403 e. The summed E-state index contributed by atoms with van der Waals surface area (Å²) in [6.45, 7) is 1.88. The van der Waals surface area contributed by atoms with Gasteiger partial charge in [0.1, 0.15) is 18.8 Å². The monoisotopic (exact) mass is 344 g/mol. The molecule has 0 radical (unpaired) electrons. The standard InChI is InChI=1S/C21H9ClO3/c1-3-5-6-7-8-9-10-11-12-13-14-15-16-17-18-24-20(4-2)19-25-21(22)23/h1,20H,4,19H2,2H3. The molecule has 0 aromatic heterocycles. The summed E-state index contributed by atoms with van der Waals surface area (Å²) in [6.07, 6.45) is 7.52. The van der Waals surface area contributed by atoms with E-state index in [1.807, 2.05) is 6.92 Å². The Morgan fingerprint density at radius 1 is 0.880 bits per heavy atom. The summed E-state index contributed by atoms with van der Waals surface area (Å²) >= 11 is 5.05. The van der Waals surface area contributed by atoms with Crippen molar-refractivity contribution in [1.82, 2.24) is 0 Å². The van der Waals surface area contributed by atoms with Crippen LogP contribution in [-0.2, 0) is 9.47 Å². The Bertz CT molecular complexity index is 948. The average Bonchev–Trinajstić information content (AvgIpc) is 2.60. The van der Waals surface area contributed by atoms with Crippen LogP contribution in [0, 0.1) is 95.4 Å². The molecule has 0 amide bonds. The van der Waals surface area contributed by atoms with Gasteiger partial charge in [-0.25, -0.2) is 4.79 Å². The van der Waals surface area contributed by atoms with E-state index in [9.17, 15) is 4.79 Å². The van der Waals surface area contributed by atoms with Gasteiger partial charge in [0.05, 0.1) is 0 Å². The number of carbonyl (C=O) groups is 1. The molecule has 1 unspecified atom stereocenters. The first-order chi connectivity index (χ1) is 12.2. The summed E-state index contributed by atoms with van der Waals surface area (Å²) in [7, 11) is 0. The first-order valence-corrected chi connectivity index (χ1v) is 7.02. The highest BCUT2D eigenvalue weighted by Crippen LogP contribution is 1.99. The molecule has 3 nitrogen and oxygen atoms in total. The van der Waals surface area contributed by atoms with Crippen LogP contribution >= 0.6 is 11.6 Å². The molecule has 0 N–H and O–H groups in total. The molecule has 118 valence electrons. The Kier molecular flexibility index (Phi) is 13.8. The molecule has 0 heterocycles. The predicted molar refractivity (Wildman–Crippen MR) is 95.6 cm³/mol. The second-order valence-electron chi connectivity index (χ2n) is 3.57. The lowest BCUT2D eigenvalue weighted by Crippen LogP contribution is -2.17. The van der Waals surface area contributed by atoms with Crippen molar-refractivity contribution in [3.05, 3.63) is 0 Å². The number of rotatable bonds is 4. The van der Waals surface area contributed by atoms with Gasteiger partial charge in [-0.05, 0) is 47.9 Å². The molecule has 1 atom stereocenters. The Balaban J connectivity index is 4.31. The number of halogens is 1. The van der Waals surface area contributed by atoms with E-state index in [-0.39, 0.29) is 12.7 Å². The van der Waals surface area contributed by atoms with Crippen LogP contribution in [0.1, 0.15) is 13.3 Å². The molecule has 0 rings (SSSR count). The van der Waals surface area contributed by atoms with Crippen LogP contribution in [-0.4, -0.2) is 18.1 Å². The molecular formula is C21H9ClO3. The molecule has 0 saturated heterocycles. The fourth-order valence-electron chi connectivity index (χ4n) is 0.912. The van der Waals surface area contributed by atoms with Crippen molar-refractivity contribution in [3.63, 3.8) is 0 Å². The lowest BCUT2D eigenvalue weighted by molar-refractivity contribution is 0.0761. The van der Waals surface area contributed by atoms with Gasteiger partial charge in [-0.3, -0.25) is 0 Å². The molecule has 0 aliphatic heterocycles. The van der Waals surface area contributed by atoms with Crippen molar-refractivity contribution in [3.8, 4) is 95.4 Å². The zero-order valence-corrected chi connectivity index (χ0v) is 13.9. The third kappa shape index (κ3) is 16.2. The Labute approximate surface area is 153 Å². The van der Waals surface area contributed by atoms with Crippen LogP contribution in [0.25, 0.3) is 0 Å². The Hall–Kier alpha value is -3.96. The van der Waals surface area contributed by atoms with Crippen molar-refractivity contribution < 1.29 is 14.3 Å². The fraction of sp³-hybridized carbons (Fsp3) is 0.190.